The first kappa shape index (κ1) is 24.5. The number of nitrogens with zero attached hydrogens (tertiary/aromatic N) is 3. The Morgan fingerprint density at radius 1 is 1.09 bits per heavy atom. The van der Waals surface area contributed by atoms with Crippen molar-refractivity contribution in [2.24, 2.45) is 0 Å². The third-order valence-corrected chi connectivity index (χ3v) is 4.63. The van der Waals surface area contributed by atoms with Crippen LogP contribution in [0.15, 0.2) is 48.5 Å². The fraction of sp³-hybridized carbons (Fsp3) is 0.318. The van der Waals surface area contributed by atoms with Crippen LogP contribution in [0.1, 0.15) is 18.9 Å². The molecule has 1 aromatic heterocycles. The summed E-state index contributed by atoms with van der Waals surface area (Å²) in [6, 6.07) is 11.4. The summed E-state index contributed by atoms with van der Waals surface area (Å²) < 4.78 is 51.1. The van der Waals surface area contributed by atoms with Crippen molar-refractivity contribution in [3.8, 4) is 23.1 Å². The van der Waals surface area contributed by atoms with E-state index in [9.17, 15) is 18.0 Å². The third-order valence-electron chi connectivity index (χ3n) is 4.44. The average Bonchev–Trinajstić information content (AvgIpc) is 3.21. The summed E-state index contributed by atoms with van der Waals surface area (Å²) in [5, 5.41) is 7.07. The molecular weight excluding hydrogens is 461 g/mol. The Morgan fingerprint density at radius 2 is 1.79 bits per heavy atom. The number of amides is 1. The Labute approximate surface area is 193 Å². The molecule has 7 nitrogen and oxygen atoms in total. The van der Waals surface area contributed by atoms with E-state index in [1.54, 1.807) is 24.3 Å². The molecule has 0 saturated heterocycles. The van der Waals surface area contributed by atoms with Gasteiger partial charge in [0.25, 0.3) is 0 Å². The van der Waals surface area contributed by atoms with Gasteiger partial charge in [0, 0.05) is 30.2 Å². The van der Waals surface area contributed by atoms with Gasteiger partial charge in [0.05, 0.1) is 17.9 Å². The van der Waals surface area contributed by atoms with Crippen molar-refractivity contribution in [1.82, 2.24) is 14.8 Å². The molecule has 1 heterocycles. The summed E-state index contributed by atoms with van der Waals surface area (Å²) in [6.07, 6.45) is -4.25. The van der Waals surface area contributed by atoms with Gasteiger partial charge in [-0.1, -0.05) is 12.1 Å². The number of benzene rings is 2. The first-order chi connectivity index (χ1) is 15.8. The molecule has 11 heteroatoms. The SMILES string of the molecule is CCOCCOc1nc(-c2ccc(C(F)(F)F)cc2)n(-c2ccc(NC(=O)CCCl)cc2)n1. The van der Waals surface area contributed by atoms with Crippen LogP contribution >= 0.6 is 11.6 Å². The lowest BCUT2D eigenvalue weighted by Crippen LogP contribution is -2.11. The molecule has 3 aromatic rings. The molecule has 0 unspecified atom stereocenters. The summed E-state index contributed by atoms with van der Waals surface area (Å²) >= 11 is 5.57. The van der Waals surface area contributed by atoms with Gasteiger partial charge < -0.3 is 14.8 Å². The van der Waals surface area contributed by atoms with Crippen LogP contribution in [0.2, 0.25) is 0 Å². The second-order valence-electron chi connectivity index (χ2n) is 6.78. The van der Waals surface area contributed by atoms with E-state index >= 15 is 0 Å². The number of ether oxygens (including phenoxy) is 2. The Balaban J connectivity index is 1.90. The number of anilines is 1. The molecule has 0 aliphatic carbocycles. The van der Waals surface area contributed by atoms with Crippen molar-refractivity contribution in [1.29, 1.82) is 0 Å². The second-order valence-corrected chi connectivity index (χ2v) is 7.16. The maximum Gasteiger partial charge on any atom is 0.416 e. The first-order valence-electron chi connectivity index (χ1n) is 10.1. The highest BCUT2D eigenvalue weighted by Crippen LogP contribution is 2.31. The van der Waals surface area contributed by atoms with Crippen LogP contribution in [0.25, 0.3) is 17.1 Å². The van der Waals surface area contributed by atoms with E-state index in [4.69, 9.17) is 21.1 Å². The van der Waals surface area contributed by atoms with Crippen molar-refractivity contribution in [2.45, 2.75) is 19.5 Å². The molecule has 0 radical (unpaired) electrons. The molecule has 0 spiro atoms. The minimum absolute atomic E-state index is 0.0593. The van der Waals surface area contributed by atoms with Crippen LogP contribution in [-0.4, -0.2) is 46.4 Å². The van der Waals surface area contributed by atoms with Gasteiger partial charge in [0.1, 0.15) is 6.61 Å². The highest BCUT2D eigenvalue weighted by Gasteiger charge is 2.30. The quantitative estimate of drug-likeness (QED) is 0.327. The van der Waals surface area contributed by atoms with Crippen molar-refractivity contribution in [3.05, 3.63) is 54.1 Å². The Hall–Kier alpha value is -3.11. The Kier molecular flexibility index (Phi) is 8.29. The molecule has 176 valence electrons. The standard InChI is InChI=1S/C22H22ClF3N4O3/c1-2-32-13-14-33-21-28-20(15-3-5-16(6-4-15)22(24,25)26)30(29-21)18-9-7-17(8-10-18)27-19(31)11-12-23/h3-10H,2,11-14H2,1H3,(H,27,31). The molecule has 0 fully saturated rings. The molecule has 3 rings (SSSR count). The number of nitrogens with one attached hydrogen (secondary N) is 1. The van der Waals surface area contributed by atoms with Crippen LogP contribution < -0.4 is 10.1 Å². The maximum atomic E-state index is 12.9. The number of carbonyl (C=O) groups is 1. The van der Waals surface area contributed by atoms with Gasteiger partial charge in [-0.2, -0.15) is 18.2 Å². The number of alkyl halides is 4. The first-order valence-corrected chi connectivity index (χ1v) is 10.7. The summed E-state index contributed by atoms with van der Waals surface area (Å²) in [4.78, 5) is 16.1. The van der Waals surface area contributed by atoms with Crippen LogP contribution in [0.5, 0.6) is 6.01 Å². The lowest BCUT2D eigenvalue weighted by molar-refractivity contribution is -0.137. The molecular formula is C22H22ClF3N4O3. The lowest BCUT2D eigenvalue weighted by Gasteiger charge is -2.09. The second kappa shape index (κ2) is 11.2. The van der Waals surface area contributed by atoms with Crippen LogP contribution in [0, 0.1) is 0 Å². The van der Waals surface area contributed by atoms with E-state index < -0.39 is 11.7 Å². The number of rotatable bonds is 10. The van der Waals surface area contributed by atoms with Crippen LogP contribution in [0.3, 0.4) is 0 Å². The van der Waals surface area contributed by atoms with E-state index in [2.05, 4.69) is 15.4 Å². The normalized spacial score (nSPS) is 11.4. The van der Waals surface area contributed by atoms with Crippen molar-refractivity contribution < 1.29 is 27.4 Å². The van der Waals surface area contributed by atoms with Crippen molar-refractivity contribution >= 4 is 23.2 Å². The van der Waals surface area contributed by atoms with E-state index in [1.807, 2.05) is 6.92 Å². The molecule has 1 amide bonds. The number of hydrogen-bond acceptors (Lipinski definition) is 5. The van der Waals surface area contributed by atoms with Gasteiger partial charge in [-0.05, 0) is 43.3 Å². The number of hydrogen-bond donors (Lipinski definition) is 1. The van der Waals surface area contributed by atoms with Crippen LogP contribution in [0.4, 0.5) is 18.9 Å². The minimum Gasteiger partial charge on any atom is -0.460 e. The van der Waals surface area contributed by atoms with Crippen molar-refractivity contribution in [2.75, 3.05) is 31.0 Å². The molecule has 0 aliphatic rings. The monoisotopic (exact) mass is 482 g/mol. The fourth-order valence-corrected chi connectivity index (χ4v) is 3.03. The van der Waals surface area contributed by atoms with Gasteiger partial charge in [-0.15, -0.1) is 16.7 Å². The summed E-state index contributed by atoms with van der Waals surface area (Å²) in [5.74, 6) is 0.300. The zero-order valence-electron chi connectivity index (χ0n) is 17.7. The molecule has 0 bridgehead atoms. The van der Waals surface area contributed by atoms with Gasteiger partial charge in [-0.3, -0.25) is 4.79 Å². The topological polar surface area (TPSA) is 78.3 Å². The minimum atomic E-state index is -4.44. The van der Waals surface area contributed by atoms with Gasteiger partial charge in [0.15, 0.2) is 5.82 Å². The molecule has 0 aliphatic heterocycles. The zero-order chi connectivity index (χ0) is 23.8. The Morgan fingerprint density at radius 3 is 2.39 bits per heavy atom. The number of aromatic nitrogens is 3. The molecule has 2 aromatic carbocycles. The number of halogens is 4. The maximum absolute atomic E-state index is 12.9. The van der Waals surface area contributed by atoms with E-state index in [-0.39, 0.29) is 30.8 Å². The zero-order valence-corrected chi connectivity index (χ0v) is 18.5. The average molecular weight is 483 g/mol. The van der Waals surface area contributed by atoms with Crippen LogP contribution in [-0.2, 0) is 15.7 Å². The smallest absolute Gasteiger partial charge is 0.416 e. The summed E-state index contributed by atoms with van der Waals surface area (Å²) in [7, 11) is 0. The molecule has 0 atom stereocenters. The van der Waals surface area contributed by atoms with Gasteiger partial charge in [-0.25, -0.2) is 4.68 Å². The molecule has 1 N–H and O–H groups in total. The van der Waals surface area contributed by atoms with E-state index in [0.29, 0.717) is 36.0 Å². The fourth-order valence-electron chi connectivity index (χ4n) is 2.86. The van der Waals surface area contributed by atoms with Gasteiger partial charge >= 0.3 is 12.2 Å². The predicted molar refractivity (Wildman–Crippen MR) is 118 cm³/mol. The van der Waals surface area contributed by atoms with Gasteiger partial charge in [0.2, 0.25) is 5.91 Å². The largest absolute Gasteiger partial charge is 0.460 e. The third kappa shape index (κ3) is 6.69. The molecule has 33 heavy (non-hydrogen) atoms. The highest BCUT2D eigenvalue weighted by atomic mass is 35.5. The summed E-state index contributed by atoms with van der Waals surface area (Å²) in [6.45, 7) is 2.96. The Bertz CT molecular complexity index is 1050. The lowest BCUT2D eigenvalue weighted by atomic mass is 10.1. The summed E-state index contributed by atoms with van der Waals surface area (Å²) in [5.41, 5.74) is 0.808. The number of carbonyl (C=O) groups excluding carboxylic acids is 1. The predicted octanol–water partition coefficient (Wildman–Crippen LogP) is 4.94. The van der Waals surface area contributed by atoms with E-state index in [0.717, 1.165) is 12.1 Å². The molecule has 0 saturated carbocycles. The van der Waals surface area contributed by atoms with E-state index in [1.165, 1.54) is 16.8 Å². The highest BCUT2D eigenvalue weighted by molar-refractivity contribution is 6.19. The van der Waals surface area contributed by atoms with Crippen molar-refractivity contribution in [3.63, 3.8) is 0 Å².